The molecule has 0 radical (unpaired) electrons. The third-order valence-electron chi connectivity index (χ3n) is 8.07. The Bertz CT molecular complexity index is 1940. The maximum atomic E-state index is 14.0. The highest BCUT2D eigenvalue weighted by atomic mass is 32.1. The Labute approximate surface area is 260 Å². The van der Waals surface area contributed by atoms with Crippen LogP contribution in [0.3, 0.4) is 0 Å². The molecule has 6 rings (SSSR count). The molecule has 0 saturated carbocycles. The predicted molar refractivity (Wildman–Crippen MR) is 177 cm³/mol. The molecule has 44 heavy (non-hydrogen) atoms. The van der Waals surface area contributed by atoms with Crippen LogP contribution in [0.4, 0.5) is 0 Å². The lowest BCUT2D eigenvalue weighted by atomic mass is 9.88. The number of benzene rings is 3. The molecule has 3 aromatic heterocycles. The summed E-state index contributed by atoms with van der Waals surface area (Å²) in [5, 5.41) is 9.80. The molecule has 3 aromatic carbocycles. The van der Waals surface area contributed by atoms with E-state index in [4.69, 9.17) is 10.1 Å². The average Bonchev–Trinajstić information content (AvgIpc) is 3.62. The fourth-order valence-electron chi connectivity index (χ4n) is 5.86. The minimum absolute atomic E-state index is 0.0861. The van der Waals surface area contributed by atoms with E-state index in [9.17, 15) is 9.59 Å². The number of para-hydroxylation sites is 1. The van der Waals surface area contributed by atoms with Crippen LogP contribution in [0.25, 0.3) is 21.9 Å². The summed E-state index contributed by atoms with van der Waals surface area (Å²) in [6, 6.07) is 30.8. The molecule has 0 bridgehead atoms. The second kappa shape index (κ2) is 12.8. The molecular formula is C36H35N5O2S. The van der Waals surface area contributed by atoms with Gasteiger partial charge in [-0.05, 0) is 55.5 Å². The predicted octanol–water partition coefficient (Wildman–Crippen LogP) is 6.67. The van der Waals surface area contributed by atoms with Crippen LogP contribution >= 0.6 is 11.3 Å². The van der Waals surface area contributed by atoms with Gasteiger partial charge in [-0.2, -0.15) is 5.10 Å². The molecule has 0 unspecified atom stereocenters. The Morgan fingerprint density at radius 1 is 0.932 bits per heavy atom. The molecule has 0 atom stereocenters. The maximum Gasteiger partial charge on any atom is 0.268 e. The van der Waals surface area contributed by atoms with E-state index in [2.05, 4.69) is 42.6 Å². The van der Waals surface area contributed by atoms with Gasteiger partial charge < -0.3 is 5.32 Å². The molecule has 3 heterocycles. The van der Waals surface area contributed by atoms with Gasteiger partial charge in [-0.1, -0.05) is 85.8 Å². The quantitative estimate of drug-likeness (QED) is 0.190. The first-order valence-electron chi connectivity index (χ1n) is 15.0. The second-order valence-electron chi connectivity index (χ2n) is 11.0. The van der Waals surface area contributed by atoms with Gasteiger partial charge in [-0.25, -0.2) is 9.67 Å². The van der Waals surface area contributed by atoms with Gasteiger partial charge in [0.25, 0.3) is 5.56 Å². The molecule has 0 aliphatic rings. The SMILES string of the molecule is CCc1ccccc1-n1nc(-c2c(C)nc3scc(CC(=O)NCCC(c4ccccc4)c4ccccc4)n3c2=O)cc1C. The molecule has 6 aromatic rings. The van der Waals surface area contributed by atoms with E-state index in [0.29, 0.717) is 34.2 Å². The molecule has 1 N–H and O–H groups in total. The second-order valence-corrected chi connectivity index (χ2v) is 11.8. The Morgan fingerprint density at radius 3 is 2.27 bits per heavy atom. The van der Waals surface area contributed by atoms with Crippen molar-refractivity contribution in [1.82, 2.24) is 24.5 Å². The van der Waals surface area contributed by atoms with E-state index >= 15 is 0 Å². The molecule has 7 nitrogen and oxygen atoms in total. The van der Waals surface area contributed by atoms with Crippen molar-refractivity contribution in [3.8, 4) is 16.9 Å². The van der Waals surface area contributed by atoms with E-state index in [1.54, 1.807) is 4.40 Å². The molecule has 8 heteroatoms. The monoisotopic (exact) mass is 601 g/mol. The number of amides is 1. The number of nitrogens with one attached hydrogen (secondary N) is 1. The third-order valence-corrected chi connectivity index (χ3v) is 8.94. The van der Waals surface area contributed by atoms with Crippen LogP contribution in [0.15, 0.2) is 101 Å². The lowest BCUT2D eigenvalue weighted by molar-refractivity contribution is -0.120. The van der Waals surface area contributed by atoms with Crippen LogP contribution in [0.5, 0.6) is 0 Å². The number of carbonyl (C=O) groups excluding carboxylic acids is 1. The van der Waals surface area contributed by atoms with Gasteiger partial charge >= 0.3 is 0 Å². The van der Waals surface area contributed by atoms with Crippen molar-refractivity contribution in [3.63, 3.8) is 0 Å². The Morgan fingerprint density at radius 2 is 1.59 bits per heavy atom. The third kappa shape index (κ3) is 5.85. The highest BCUT2D eigenvalue weighted by molar-refractivity contribution is 7.15. The highest BCUT2D eigenvalue weighted by Crippen LogP contribution is 2.28. The largest absolute Gasteiger partial charge is 0.356 e. The summed E-state index contributed by atoms with van der Waals surface area (Å²) in [4.78, 5) is 32.4. The lowest BCUT2D eigenvalue weighted by Gasteiger charge is -2.18. The van der Waals surface area contributed by atoms with Gasteiger partial charge in [0.1, 0.15) is 5.69 Å². The van der Waals surface area contributed by atoms with Gasteiger partial charge in [0.2, 0.25) is 5.91 Å². The summed E-state index contributed by atoms with van der Waals surface area (Å²) in [7, 11) is 0. The van der Waals surface area contributed by atoms with Crippen molar-refractivity contribution in [2.75, 3.05) is 6.54 Å². The molecular weight excluding hydrogens is 566 g/mol. The zero-order valence-corrected chi connectivity index (χ0v) is 26.0. The number of hydrogen-bond donors (Lipinski definition) is 1. The first-order chi connectivity index (χ1) is 21.4. The number of aryl methyl sites for hydroxylation is 3. The summed E-state index contributed by atoms with van der Waals surface area (Å²) in [5.41, 5.74) is 7.60. The Kier molecular flexibility index (Phi) is 8.52. The van der Waals surface area contributed by atoms with Crippen molar-refractivity contribution >= 4 is 22.2 Å². The van der Waals surface area contributed by atoms with Crippen molar-refractivity contribution in [2.24, 2.45) is 0 Å². The number of thiazole rings is 1. The number of rotatable bonds is 10. The van der Waals surface area contributed by atoms with Crippen LogP contribution in [-0.4, -0.2) is 31.6 Å². The zero-order valence-electron chi connectivity index (χ0n) is 25.2. The molecule has 0 spiro atoms. The Hall–Kier alpha value is -4.82. The van der Waals surface area contributed by atoms with E-state index in [-0.39, 0.29) is 23.8 Å². The number of hydrogen-bond acceptors (Lipinski definition) is 5. The van der Waals surface area contributed by atoms with Crippen molar-refractivity contribution in [1.29, 1.82) is 0 Å². The van der Waals surface area contributed by atoms with E-state index in [0.717, 1.165) is 24.2 Å². The number of fused-ring (bicyclic) bond motifs is 1. The van der Waals surface area contributed by atoms with Gasteiger partial charge in [0.15, 0.2) is 4.96 Å². The summed E-state index contributed by atoms with van der Waals surface area (Å²) in [5.74, 6) is 0.0412. The fourth-order valence-corrected chi connectivity index (χ4v) is 6.79. The topological polar surface area (TPSA) is 81.3 Å². The van der Waals surface area contributed by atoms with Crippen LogP contribution in [0.1, 0.15) is 53.0 Å². The van der Waals surface area contributed by atoms with E-state index in [1.807, 2.05) is 84.6 Å². The number of carbonyl (C=O) groups is 1. The number of aromatic nitrogens is 4. The molecule has 0 saturated heterocycles. The summed E-state index contributed by atoms with van der Waals surface area (Å²) in [6.07, 6.45) is 1.72. The molecule has 0 aliphatic carbocycles. The summed E-state index contributed by atoms with van der Waals surface area (Å²) < 4.78 is 3.46. The first kappa shape index (κ1) is 29.3. The van der Waals surface area contributed by atoms with Gasteiger partial charge in [0.05, 0.1) is 23.4 Å². The lowest BCUT2D eigenvalue weighted by Crippen LogP contribution is -2.29. The fraction of sp³-hybridized carbons (Fsp3) is 0.222. The summed E-state index contributed by atoms with van der Waals surface area (Å²) >= 11 is 1.37. The van der Waals surface area contributed by atoms with Crippen LogP contribution in [-0.2, 0) is 17.6 Å². The van der Waals surface area contributed by atoms with Gasteiger partial charge in [-0.15, -0.1) is 11.3 Å². The van der Waals surface area contributed by atoms with Crippen molar-refractivity contribution in [3.05, 3.63) is 141 Å². The van der Waals surface area contributed by atoms with E-state index in [1.165, 1.54) is 28.0 Å². The average molecular weight is 602 g/mol. The molecule has 0 fully saturated rings. The molecule has 222 valence electrons. The smallest absolute Gasteiger partial charge is 0.268 e. The number of nitrogens with zero attached hydrogens (tertiary/aromatic N) is 4. The van der Waals surface area contributed by atoms with Gasteiger partial charge in [-0.3, -0.25) is 14.0 Å². The normalized spacial score (nSPS) is 11.4. The van der Waals surface area contributed by atoms with E-state index < -0.39 is 0 Å². The van der Waals surface area contributed by atoms with Gasteiger partial charge in [0, 0.05) is 29.2 Å². The Balaban J connectivity index is 1.23. The minimum Gasteiger partial charge on any atom is -0.356 e. The highest BCUT2D eigenvalue weighted by Gasteiger charge is 2.21. The van der Waals surface area contributed by atoms with Crippen molar-refractivity contribution in [2.45, 2.75) is 46.0 Å². The van der Waals surface area contributed by atoms with Crippen LogP contribution in [0.2, 0.25) is 0 Å². The first-order valence-corrected chi connectivity index (χ1v) is 15.8. The zero-order chi connectivity index (χ0) is 30.6. The van der Waals surface area contributed by atoms with Crippen LogP contribution < -0.4 is 10.9 Å². The minimum atomic E-state index is -0.210. The van der Waals surface area contributed by atoms with Crippen molar-refractivity contribution < 1.29 is 4.79 Å². The summed E-state index contributed by atoms with van der Waals surface area (Å²) in [6.45, 7) is 6.46. The molecule has 1 amide bonds. The standard InChI is InChI=1S/C36H35N5O2S/c1-4-26-13-11-12-18-32(26)41-24(2)21-31(39-41)34-25(3)38-36-40(35(34)43)29(23-44-36)22-33(42)37-20-19-30(27-14-7-5-8-15-27)28-16-9-6-10-17-28/h5-18,21,23,30H,4,19-20,22H2,1-3H3,(H,37,42). The maximum absolute atomic E-state index is 14.0. The van der Waals surface area contributed by atoms with Crippen LogP contribution in [0, 0.1) is 13.8 Å². The molecule has 0 aliphatic heterocycles.